The summed E-state index contributed by atoms with van der Waals surface area (Å²) in [6.07, 6.45) is 2.51. The van der Waals surface area contributed by atoms with Gasteiger partial charge in [-0.25, -0.2) is 12.8 Å². The minimum absolute atomic E-state index is 0.0454. The number of halogens is 1. The molecule has 2 heterocycles. The Morgan fingerprint density at radius 2 is 1.81 bits per heavy atom. The number of hydrogen-bond donors (Lipinski definition) is 0. The summed E-state index contributed by atoms with van der Waals surface area (Å²) in [4.78, 5) is 25.2. The number of non-ortho nitro benzene ring substituents is 1. The average molecular weight is 532 g/mol. The molecule has 12 heteroatoms. The van der Waals surface area contributed by atoms with Gasteiger partial charge >= 0.3 is 0 Å². The Morgan fingerprint density at radius 3 is 2.41 bits per heavy atom. The van der Waals surface area contributed by atoms with E-state index in [4.69, 9.17) is 9.15 Å². The van der Waals surface area contributed by atoms with Crippen molar-refractivity contribution in [2.45, 2.75) is 36.9 Å². The normalized spacial score (nSPS) is 15.7. The summed E-state index contributed by atoms with van der Waals surface area (Å²) in [7, 11) is -4.19. The second kappa shape index (κ2) is 11.6. The van der Waals surface area contributed by atoms with Crippen molar-refractivity contribution in [3.63, 3.8) is 0 Å². The highest BCUT2D eigenvalue weighted by Crippen LogP contribution is 2.23. The molecule has 0 bridgehead atoms. The Hall–Kier alpha value is -3.61. The number of nitro groups is 1. The van der Waals surface area contributed by atoms with Crippen molar-refractivity contribution in [2.75, 3.05) is 19.7 Å². The molecule has 0 spiro atoms. The molecule has 1 fully saturated rings. The van der Waals surface area contributed by atoms with Gasteiger partial charge in [-0.15, -0.1) is 0 Å². The maximum absolute atomic E-state index is 13.5. The maximum Gasteiger partial charge on any atom is 0.269 e. The van der Waals surface area contributed by atoms with Gasteiger partial charge in [0.1, 0.15) is 11.6 Å². The molecule has 1 aliphatic heterocycles. The van der Waals surface area contributed by atoms with E-state index in [1.807, 2.05) is 0 Å². The van der Waals surface area contributed by atoms with Crippen LogP contribution in [0.2, 0.25) is 0 Å². The molecule has 2 aromatic carbocycles. The van der Waals surface area contributed by atoms with Crippen LogP contribution < -0.4 is 0 Å². The fraction of sp³-hybridized carbons (Fsp3) is 0.320. The zero-order valence-electron chi connectivity index (χ0n) is 19.9. The third-order valence-electron chi connectivity index (χ3n) is 5.99. The second-order valence-corrected chi connectivity index (χ2v) is 10.6. The van der Waals surface area contributed by atoms with Crippen LogP contribution in [0.3, 0.4) is 0 Å². The summed E-state index contributed by atoms with van der Waals surface area (Å²) in [6, 6.07) is 13.6. The number of carbonyl (C=O) groups excluding carboxylic acids is 1. The smallest absolute Gasteiger partial charge is 0.269 e. The lowest BCUT2D eigenvalue weighted by Crippen LogP contribution is -2.45. The number of benzene rings is 2. The standard InChI is InChI=1S/C25H26FN3O7S/c26-20-7-5-19(6-8-20)15-27(16-22-3-1-13-35-22)25(30)18-28(17-23-4-2-14-36-23)37(33,34)24-11-9-21(10-12-24)29(31)32/h1,3,5-13,23H,2,4,14-18H2/t23-/m1/s1. The van der Waals surface area contributed by atoms with Crippen molar-refractivity contribution in [2.24, 2.45) is 0 Å². The molecule has 0 unspecified atom stereocenters. The van der Waals surface area contributed by atoms with E-state index < -0.39 is 33.2 Å². The molecule has 1 aromatic heterocycles. The lowest BCUT2D eigenvalue weighted by molar-refractivity contribution is -0.384. The van der Waals surface area contributed by atoms with Crippen LogP contribution in [0.25, 0.3) is 0 Å². The molecule has 1 aliphatic rings. The van der Waals surface area contributed by atoms with Gasteiger partial charge in [0.25, 0.3) is 5.69 Å². The molecule has 196 valence electrons. The van der Waals surface area contributed by atoms with Crippen LogP contribution >= 0.6 is 0 Å². The van der Waals surface area contributed by atoms with E-state index in [9.17, 15) is 27.7 Å². The number of ether oxygens (including phenoxy) is 1. The van der Waals surface area contributed by atoms with E-state index in [-0.39, 0.29) is 36.3 Å². The second-order valence-electron chi connectivity index (χ2n) is 8.64. The highest BCUT2D eigenvalue weighted by Gasteiger charge is 2.32. The average Bonchev–Trinajstić information content (AvgIpc) is 3.59. The third-order valence-corrected chi connectivity index (χ3v) is 7.82. The van der Waals surface area contributed by atoms with Crippen LogP contribution in [0.15, 0.2) is 76.2 Å². The number of furan rings is 1. The Bertz CT molecular complexity index is 1310. The minimum atomic E-state index is -4.19. The lowest BCUT2D eigenvalue weighted by atomic mass is 10.2. The van der Waals surface area contributed by atoms with Crippen molar-refractivity contribution in [1.82, 2.24) is 9.21 Å². The number of sulfonamides is 1. The van der Waals surface area contributed by atoms with Crippen LogP contribution in [0.4, 0.5) is 10.1 Å². The highest BCUT2D eigenvalue weighted by atomic mass is 32.2. The van der Waals surface area contributed by atoms with E-state index in [2.05, 4.69) is 0 Å². The first-order valence-corrected chi connectivity index (χ1v) is 13.1. The van der Waals surface area contributed by atoms with Crippen molar-refractivity contribution >= 4 is 21.6 Å². The van der Waals surface area contributed by atoms with Gasteiger partial charge in [0.15, 0.2) is 0 Å². The number of amides is 1. The molecule has 0 saturated carbocycles. The quantitative estimate of drug-likeness (QED) is 0.273. The molecule has 0 aliphatic carbocycles. The number of rotatable bonds is 11. The van der Waals surface area contributed by atoms with Gasteiger partial charge in [-0.1, -0.05) is 12.1 Å². The molecule has 0 radical (unpaired) electrons. The Balaban J connectivity index is 1.60. The van der Waals surface area contributed by atoms with E-state index in [1.54, 1.807) is 24.3 Å². The SMILES string of the molecule is O=C(CN(C[C@H]1CCCO1)S(=O)(=O)c1ccc([N+](=O)[O-])cc1)N(Cc1ccc(F)cc1)Cc1ccco1. The molecular formula is C25H26FN3O7S. The van der Waals surface area contributed by atoms with E-state index in [0.29, 0.717) is 24.4 Å². The minimum Gasteiger partial charge on any atom is -0.467 e. The number of nitrogens with zero attached hydrogens (tertiary/aromatic N) is 3. The number of nitro benzene ring substituents is 1. The highest BCUT2D eigenvalue weighted by molar-refractivity contribution is 7.89. The fourth-order valence-corrected chi connectivity index (χ4v) is 5.46. The molecule has 1 atom stereocenters. The summed E-state index contributed by atoms with van der Waals surface area (Å²) in [5.41, 5.74) is 0.412. The van der Waals surface area contributed by atoms with E-state index >= 15 is 0 Å². The van der Waals surface area contributed by atoms with Crippen molar-refractivity contribution in [3.8, 4) is 0 Å². The number of hydrogen-bond acceptors (Lipinski definition) is 7. The predicted octanol–water partition coefficient (Wildman–Crippen LogP) is 3.73. The van der Waals surface area contributed by atoms with Gasteiger partial charge in [-0.2, -0.15) is 4.31 Å². The monoisotopic (exact) mass is 531 g/mol. The van der Waals surface area contributed by atoms with Gasteiger partial charge in [0.2, 0.25) is 15.9 Å². The fourth-order valence-electron chi connectivity index (χ4n) is 4.04. The first-order chi connectivity index (χ1) is 17.7. The first-order valence-electron chi connectivity index (χ1n) is 11.6. The van der Waals surface area contributed by atoms with Crippen LogP contribution in [0, 0.1) is 15.9 Å². The van der Waals surface area contributed by atoms with Crippen LogP contribution in [-0.4, -0.2) is 54.3 Å². The zero-order chi connectivity index (χ0) is 26.4. The maximum atomic E-state index is 13.5. The Kier molecular flexibility index (Phi) is 8.31. The summed E-state index contributed by atoms with van der Waals surface area (Å²) >= 11 is 0. The summed E-state index contributed by atoms with van der Waals surface area (Å²) in [5, 5.41) is 11.0. The third kappa shape index (κ3) is 6.79. The predicted molar refractivity (Wildman–Crippen MR) is 130 cm³/mol. The largest absolute Gasteiger partial charge is 0.467 e. The van der Waals surface area contributed by atoms with Crippen LogP contribution in [0.5, 0.6) is 0 Å². The molecule has 10 nitrogen and oxygen atoms in total. The van der Waals surface area contributed by atoms with Crippen molar-refractivity contribution < 1.29 is 31.7 Å². The number of carbonyl (C=O) groups is 1. The Morgan fingerprint density at radius 1 is 1.08 bits per heavy atom. The summed E-state index contributed by atoms with van der Waals surface area (Å²) < 4.78 is 52.5. The lowest BCUT2D eigenvalue weighted by Gasteiger charge is -2.28. The molecule has 4 rings (SSSR count). The van der Waals surface area contributed by atoms with Gasteiger partial charge < -0.3 is 14.1 Å². The molecule has 1 amide bonds. The van der Waals surface area contributed by atoms with Gasteiger partial charge in [0.05, 0.1) is 35.3 Å². The molecule has 37 heavy (non-hydrogen) atoms. The summed E-state index contributed by atoms with van der Waals surface area (Å²) in [5.74, 6) is -0.409. The van der Waals surface area contributed by atoms with Crippen LogP contribution in [-0.2, 0) is 32.6 Å². The topological polar surface area (TPSA) is 123 Å². The van der Waals surface area contributed by atoms with Crippen LogP contribution in [0.1, 0.15) is 24.2 Å². The van der Waals surface area contributed by atoms with Gasteiger partial charge in [-0.3, -0.25) is 14.9 Å². The van der Waals surface area contributed by atoms with Crippen molar-refractivity contribution in [3.05, 3.63) is 94.2 Å². The van der Waals surface area contributed by atoms with Gasteiger partial charge in [0, 0.05) is 31.8 Å². The zero-order valence-corrected chi connectivity index (χ0v) is 20.7. The first kappa shape index (κ1) is 26.5. The molecule has 3 aromatic rings. The Labute approximate surface area is 213 Å². The molecule has 0 N–H and O–H groups in total. The van der Waals surface area contributed by atoms with E-state index in [1.165, 1.54) is 23.3 Å². The molecular weight excluding hydrogens is 505 g/mol. The van der Waals surface area contributed by atoms with Gasteiger partial charge in [-0.05, 0) is 54.8 Å². The van der Waals surface area contributed by atoms with Crippen molar-refractivity contribution in [1.29, 1.82) is 0 Å². The van der Waals surface area contributed by atoms with E-state index in [0.717, 1.165) is 35.0 Å². The molecule has 1 saturated heterocycles. The summed E-state index contributed by atoms with van der Waals surface area (Å²) in [6.45, 7) is 0.149.